The quantitative estimate of drug-likeness (QED) is 0.519. The van der Waals surface area contributed by atoms with Crippen molar-refractivity contribution in [2.45, 2.75) is 51.9 Å². The Labute approximate surface area is 168 Å². The Morgan fingerprint density at radius 2 is 1.82 bits per heavy atom. The lowest BCUT2D eigenvalue weighted by Gasteiger charge is -2.18. The molecule has 0 spiro atoms. The third kappa shape index (κ3) is 4.36. The summed E-state index contributed by atoms with van der Waals surface area (Å²) >= 11 is 1.63. The van der Waals surface area contributed by atoms with Gasteiger partial charge in [0.25, 0.3) is 0 Å². The lowest BCUT2D eigenvalue weighted by Crippen LogP contribution is -2.15. The topological polar surface area (TPSA) is 50.4 Å². The fourth-order valence-electron chi connectivity index (χ4n) is 3.57. The SMILES string of the molecule is CCC(Cc1ccc(F)cc1)c1cc(O)c(C(CC)c2ccc(C)s2)c(=O)o1. The molecule has 2 unspecified atom stereocenters. The van der Waals surface area contributed by atoms with E-state index in [-0.39, 0.29) is 23.4 Å². The maximum Gasteiger partial charge on any atom is 0.343 e. The van der Waals surface area contributed by atoms with Crippen LogP contribution in [0.25, 0.3) is 0 Å². The van der Waals surface area contributed by atoms with E-state index >= 15 is 0 Å². The first-order chi connectivity index (χ1) is 13.4. The van der Waals surface area contributed by atoms with Gasteiger partial charge >= 0.3 is 5.63 Å². The first-order valence-electron chi connectivity index (χ1n) is 9.60. The molecule has 2 heterocycles. The molecule has 3 aromatic rings. The number of hydrogen-bond donors (Lipinski definition) is 1. The largest absolute Gasteiger partial charge is 0.507 e. The molecule has 0 amide bonds. The molecule has 2 aromatic heterocycles. The van der Waals surface area contributed by atoms with Crippen LogP contribution >= 0.6 is 11.3 Å². The second-order valence-corrected chi connectivity index (χ2v) is 8.40. The third-order valence-corrected chi connectivity index (χ3v) is 6.25. The first-order valence-corrected chi connectivity index (χ1v) is 10.4. The summed E-state index contributed by atoms with van der Waals surface area (Å²) in [6.45, 7) is 6.02. The summed E-state index contributed by atoms with van der Waals surface area (Å²) in [4.78, 5) is 15.0. The highest BCUT2D eigenvalue weighted by atomic mass is 32.1. The minimum absolute atomic E-state index is 0.0123. The normalized spacial score (nSPS) is 13.4. The Bertz CT molecular complexity index is 988. The second kappa shape index (κ2) is 8.74. The highest BCUT2D eigenvalue weighted by molar-refractivity contribution is 7.12. The maximum absolute atomic E-state index is 13.1. The Kier molecular flexibility index (Phi) is 6.35. The number of aryl methyl sites for hydroxylation is 1. The zero-order chi connectivity index (χ0) is 20.3. The monoisotopic (exact) mass is 400 g/mol. The fraction of sp³-hybridized carbons (Fsp3) is 0.348. The molecule has 148 valence electrons. The molecule has 2 atom stereocenters. The third-order valence-electron chi connectivity index (χ3n) is 5.14. The maximum atomic E-state index is 13.1. The Hall–Kier alpha value is -2.40. The van der Waals surface area contributed by atoms with Gasteiger partial charge in [-0.25, -0.2) is 9.18 Å². The van der Waals surface area contributed by atoms with Crippen molar-refractivity contribution in [2.75, 3.05) is 0 Å². The van der Waals surface area contributed by atoms with Gasteiger partial charge in [-0.05, 0) is 56.0 Å². The van der Waals surface area contributed by atoms with E-state index in [9.17, 15) is 14.3 Å². The van der Waals surface area contributed by atoms with Crippen molar-refractivity contribution >= 4 is 11.3 Å². The zero-order valence-electron chi connectivity index (χ0n) is 16.4. The molecular weight excluding hydrogens is 375 g/mol. The number of benzene rings is 1. The summed E-state index contributed by atoms with van der Waals surface area (Å²) in [5.41, 5.74) is 0.801. The molecule has 0 bridgehead atoms. The van der Waals surface area contributed by atoms with Crippen molar-refractivity contribution < 1.29 is 13.9 Å². The standard InChI is InChI=1S/C23H25FO3S/c1-4-16(12-15-7-9-17(24)10-8-15)20-13-19(25)22(23(26)27-20)18(5-2)21-11-6-14(3)28-21/h6-11,13,16,18,25H,4-5,12H2,1-3H3. The van der Waals surface area contributed by atoms with E-state index in [0.717, 1.165) is 16.9 Å². The lowest BCUT2D eigenvalue weighted by molar-refractivity contribution is 0.381. The van der Waals surface area contributed by atoms with Crippen molar-refractivity contribution in [2.24, 2.45) is 0 Å². The summed E-state index contributed by atoms with van der Waals surface area (Å²) in [5, 5.41) is 10.7. The summed E-state index contributed by atoms with van der Waals surface area (Å²) < 4.78 is 18.8. The van der Waals surface area contributed by atoms with Crippen molar-refractivity contribution in [3.8, 4) is 5.75 Å². The van der Waals surface area contributed by atoms with Crippen LogP contribution in [0.3, 0.4) is 0 Å². The van der Waals surface area contributed by atoms with Crippen molar-refractivity contribution in [1.82, 2.24) is 0 Å². The molecule has 0 fully saturated rings. The summed E-state index contributed by atoms with van der Waals surface area (Å²) in [6, 6.07) is 11.9. The van der Waals surface area contributed by atoms with E-state index in [1.165, 1.54) is 17.0 Å². The summed E-state index contributed by atoms with van der Waals surface area (Å²) in [5.74, 6) is -0.0694. The molecule has 0 radical (unpaired) electrons. The van der Waals surface area contributed by atoms with Crippen LogP contribution in [-0.4, -0.2) is 5.11 Å². The van der Waals surface area contributed by atoms with Gasteiger partial charge in [0, 0.05) is 27.7 Å². The second-order valence-electron chi connectivity index (χ2n) is 7.08. The predicted molar refractivity (Wildman–Crippen MR) is 111 cm³/mol. The van der Waals surface area contributed by atoms with Gasteiger partial charge in [0.05, 0.1) is 5.56 Å². The van der Waals surface area contributed by atoms with Crippen LogP contribution in [-0.2, 0) is 6.42 Å². The Balaban J connectivity index is 1.93. The average Bonchev–Trinajstić information content (AvgIpc) is 3.10. The van der Waals surface area contributed by atoms with Crippen molar-refractivity contribution in [3.05, 3.63) is 85.3 Å². The van der Waals surface area contributed by atoms with Crippen LogP contribution in [0.5, 0.6) is 5.75 Å². The van der Waals surface area contributed by atoms with Gasteiger partial charge in [-0.2, -0.15) is 0 Å². The molecule has 0 aliphatic rings. The molecule has 0 aliphatic heterocycles. The molecule has 3 nitrogen and oxygen atoms in total. The van der Waals surface area contributed by atoms with E-state index < -0.39 is 5.63 Å². The number of aromatic hydroxyl groups is 1. The van der Waals surface area contributed by atoms with E-state index in [1.807, 2.05) is 32.9 Å². The number of rotatable bonds is 7. The minimum atomic E-state index is -0.481. The van der Waals surface area contributed by atoms with Crippen molar-refractivity contribution in [3.63, 3.8) is 0 Å². The van der Waals surface area contributed by atoms with E-state index in [0.29, 0.717) is 24.2 Å². The average molecular weight is 401 g/mol. The highest BCUT2D eigenvalue weighted by Crippen LogP contribution is 2.37. The van der Waals surface area contributed by atoms with Gasteiger partial charge in [-0.3, -0.25) is 0 Å². The van der Waals surface area contributed by atoms with Crippen molar-refractivity contribution in [1.29, 1.82) is 0 Å². The van der Waals surface area contributed by atoms with Crippen LogP contribution in [0, 0.1) is 12.7 Å². The van der Waals surface area contributed by atoms with Crippen LogP contribution in [0.4, 0.5) is 4.39 Å². The minimum Gasteiger partial charge on any atom is -0.507 e. The number of thiophene rings is 1. The number of hydrogen-bond acceptors (Lipinski definition) is 4. The van der Waals surface area contributed by atoms with Gasteiger partial charge in [-0.15, -0.1) is 11.3 Å². The summed E-state index contributed by atoms with van der Waals surface area (Å²) in [6.07, 6.45) is 2.05. The fourth-order valence-corrected chi connectivity index (χ4v) is 4.64. The number of halogens is 1. The smallest absolute Gasteiger partial charge is 0.343 e. The molecule has 1 aromatic carbocycles. The van der Waals surface area contributed by atoms with Gasteiger partial charge in [0.1, 0.15) is 17.3 Å². The predicted octanol–water partition coefficient (Wildman–Crippen LogP) is 6.13. The zero-order valence-corrected chi connectivity index (χ0v) is 17.2. The molecule has 3 rings (SSSR count). The summed E-state index contributed by atoms with van der Waals surface area (Å²) in [7, 11) is 0. The first kappa shape index (κ1) is 20.3. The molecule has 28 heavy (non-hydrogen) atoms. The molecule has 5 heteroatoms. The molecule has 0 saturated heterocycles. The van der Waals surface area contributed by atoms with E-state index in [1.54, 1.807) is 29.5 Å². The Morgan fingerprint density at radius 3 is 2.36 bits per heavy atom. The van der Waals surface area contributed by atoms with Crippen LogP contribution in [0.15, 0.2) is 51.7 Å². The highest BCUT2D eigenvalue weighted by Gasteiger charge is 2.25. The van der Waals surface area contributed by atoms with Gasteiger partial charge in [0.15, 0.2) is 0 Å². The van der Waals surface area contributed by atoms with Crippen LogP contribution in [0.2, 0.25) is 0 Å². The van der Waals surface area contributed by atoms with E-state index in [4.69, 9.17) is 4.42 Å². The molecule has 0 aliphatic carbocycles. The molecule has 0 saturated carbocycles. The van der Waals surface area contributed by atoms with Crippen LogP contribution in [0.1, 0.15) is 65.2 Å². The lowest BCUT2D eigenvalue weighted by atomic mass is 9.92. The van der Waals surface area contributed by atoms with Gasteiger partial charge in [0.2, 0.25) is 0 Å². The van der Waals surface area contributed by atoms with Gasteiger partial charge < -0.3 is 9.52 Å². The molecular formula is C23H25FO3S. The van der Waals surface area contributed by atoms with Gasteiger partial charge in [-0.1, -0.05) is 26.0 Å². The Morgan fingerprint density at radius 1 is 1.11 bits per heavy atom. The molecule has 1 N–H and O–H groups in total. The van der Waals surface area contributed by atoms with Crippen LogP contribution < -0.4 is 5.63 Å². The van der Waals surface area contributed by atoms with E-state index in [2.05, 4.69) is 0 Å².